The molecule has 27 heavy (non-hydrogen) atoms. The predicted molar refractivity (Wildman–Crippen MR) is 107 cm³/mol. The van der Waals surface area contributed by atoms with Crippen LogP contribution in [0.1, 0.15) is 34.8 Å². The minimum Gasteiger partial charge on any atom is -0.319 e. The molecule has 0 fully saturated rings. The topological polar surface area (TPSA) is 61.4 Å². The van der Waals surface area contributed by atoms with Crippen LogP contribution in [-0.2, 0) is 17.8 Å². The first-order chi connectivity index (χ1) is 12.5. The average molecular weight is 392 g/mol. The minimum absolute atomic E-state index is 0. The standard InChI is InChI=1S/C20H22FN3O2.ClH/c1-3-18(25)24(2)17-7-5-4-6-15(17)20(26)23-16-9-8-13-12-22-11-10-14(13)19(16)21;/h4-9,22H,3,10-12H2,1-2H3,(H,23,26);1H. The zero-order chi connectivity index (χ0) is 18.7. The van der Waals surface area contributed by atoms with Crippen LogP contribution < -0.4 is 15.5 Å². The van der Waals surface area contributed by atoms with Crippen molar-refractivity contribution in [3.63, 3.8) is 0 Å². The van der Waals surface area contributed by atoms with Crippen LogP contribution in [0.15, 0.2) is 36.4 Å². The zero-order valence-electron chi connectivity index (χ0n) is 15.3. The number of fused-ring (bicyclic) bond motifs is 1. The van der Waals surface area contributed by atoms with E-state index >= 15 is 0 Å². The lowest BCUT2D eigenvalue weighted by molar-refractivity contribution is -0.118. The summed E-state index contributed by atoms with van der Waals surface area (Å²) < 4.78 is 14.8. The van der Waals surface area contributed by atoms with Crippen LogP contribution in [0.2, 0.25) is 0 Å². The van der Waals surface area contributed by atoms with Gasteiger partial charge in [-0.15, -0.1) is 12.4 Å². The molecule has 0 saturated heterocycles. The fourth-order valence-electron chi connectivity index (χ4n) is 3.15. The van der Waals surface area contributed by atoms with Crippen molar-refractivity contribution in [1.82, 2.24) is 5.32 Å². The monoisotopic (exact) mass is 391 g/mol. The molecule has 5 nitrogen and oxygen atoms in total. The van der Waals surface area contributed by atoms with Crippen LogP contribution in [0.3, 0.4) is 0 Å². The summed E-state index contributed by atoms with van der Waals surface area (Å²) in [6, 6.07) is 10.2. The van der Waals surface area contributed by atoms with Gasteiger partial charge in [-0.25, -0.2) is 4.39 Å². The Labute approximate surface area is 164 Å². The van der Waals surface area contributed by atoms with Crippen LogP contribution in [-0.4, -0.2) is 25.4 Å². The molecule has 2 N–H and O–H groups in total. The second kappa shape index (κ2) is 8.97. The Morgan fingerprint density at radius 1 is 1.22 bits per heavy atom. The second-order valence-corrected chi connectivity index (χ2v) is 6.27. The van der Waals surface area contributed by atoms with Gasteiger partial charge < -0.3 is 15.5 Å². The molecule has 144 valence electrons. The number of halogens is 2. The molecule has 0 atom stereocenters. The van der Waals surface area contributed by atoms with E-state index in [0.717, 1.165) is 5.56 Å². The third-order valence-corrected chi connectivity index (χ3v) is 4.64. The lowest BCUT2D eigenvalue weighted by Gasteiger charge is -2.21. The number of amides is 2. The van der Waals surface area contributed by atoms with Crippen LogP contribution in [0.4, 0.5) is 15.8 Å². The van der Waals surface area contributed by atoms with Crippen LogP contribution in [0.5, 0.6) is 0 Å². The maximum atomic E-state index is 14.8. The van der Waals surface area contributed by atoms with Crippen LogP contribution in [0, 0.1) is 5.82 Å². The fourth-order valence-corrected chi connectivity index (χ4v) is 3.15. The van der Waals surface area contributed by atoms with Crippen molar-refractivity contribution in [1.29, 1.82) is 0 Å². The minimum atomic E-state index is -0.441. The number of nitrogens with one attached hydrogen (secondary N) is 2. The smallest absolute Gasteiger partial charge is 0.257 e. The van der Waals surface area contributed by atoms with E-state index in [9.17, 15) is 14.0 Å². The number of para-hydroxylation sites is 1. The van der Waals surface area contributed by atoms with Crippen molar-refractivity contribution < 1.29 is 14.0 Å². The number of benzene rings is 2. The maximum absolute atomic E-state index is 14.8. The Morgan fingerprint density at radius 3 is 2.70 bits per heavy atom. The highest BCUT2D eigenvalue weighted by atomic mass is 35.5. The van der Waals surface area contributed by atoms with E-state index in [-0.39, 0.29) is 29.8 Å². The first-order valence-electron chi connectivity index (χ1n) is 8.70. The van der Waals surface area contributed by atoms with Crippen molar-refractivity contribution in [2.45, 2.75) is 26.3 Å². The number of carbonyl (C=O) groups excluding carboxylic acids is 2. The van der Waals surface area contributed by atoms with Gasteiger partial charge in [0, 0.05) is 20.0 Å². The average Bonchev–Trinajstić information content (AvgIpc) is 2.69. The van der Waals surface area contributed by atoms with E-state index in [0.29, 0.717) is 42.7 Å². The normalized spacial score (nSPS) is 12.6. The van der Waals surface area contributed by atoms with Gasteiger partial charge >= 0.3 is 0 Å². The van der Waals surface area contributed by atoms with Crippen molar-refractivity contribution in [3.8, 4) is 0 Å². The van der Waals surface area contributed by atoms with Crippen molar-refractivity contribution >= 4 is 35.6 Å². The number of carbonyl (C=O) groups is 2. The summed E-state index contributed by atoms with van der Waals surface area (Å²) in [5.41, 5.74) is 2.55. The molecule has 1 aliphatic heterocycles. The Bertz CT molecular complexity index is 857. The summed E-state index contributed by atoms with van der Waals surface area (Å²) in [6.07, 6.45) is 0.926. The molecule has 0 unspecified atom stereocenters. The van der Waals surface area contributed by atoms with Gasteiger partial charge in [0.15, 0.2) is 0 Å². The Balaban J connectivity index is 0.00000261. The SMILES string of the molecule is CCC(=O)N(C)c1ccccc1C(=O)Nc1ccc2c(c1F)CCNC2.Cl. The second-order valence-electron chi connectivity index (χ2n) is 6.27. The van der Waals surface area contributed by atoms with E-state index in [1.54, 1.807) is 44.3 Å². The predicted octanol–water partition coefficient (Wildman–Crippen LogP) is 3.52. The molecule has 1 aliphatic rings. The first-order valence-corrected chi connectivity index (χ1v) is 8.70. The highest BCUT2D eigenvalue weighted by Gasteiger charge is 2.21. The number of hydrogen-bond acceptors (Lipinski definition) is 3. The van der Waals surface area contributed by atoms with Crippen LogP contribution >= 0.6 is 12.4 Å². The lowest BCUT2D eigenvalue weighted by atomic mass is 9.99. The van der Waals surface area contributed by atoms with Crippen molar-refractivity contribution in [3.05, 3.63) is 58.9 Å². The molecule has 1 heterocycles. The van der Waals surface area contributed by atoms with Gasteiger partial charge in [-0.3, -0.25) is 9.59 Å². The Morgan fingerprint density at radius 2 is 1.96 bits per heavy atom. The molecule has 2 aromatic rings. The van der Waals surface area contributed by atoms with Gasteiger partial charge in [-0.1, -0.05) is 25.1 Å². The zero-order valence-corrected chi connectivity index (χ0v) is 16.2. The van der Waals surface area contributed by atoms with Crippen molar-refractivity contribution in [2.75, 3.05) is 23.8 Å². The summed E-state index contributed by atoms with van der Waals surface area (Å²) in [7, 11) is 1.63. The van der Waals surface area contributed by atoms with Gasteiger partial charge in [0.1, 0.15) is 5.82 Å². The molecular formula is C20H23ClFN3O2. The number of anilines is 2. The Kier molecular flexibility index (Phi) is 6.93. The molecule has 0 aliphatic carbocycles. The molecule has 0 radical (unpaired) electrons. The third kappa shape index (κ3) is 4.28. The Hall–Kier alpha value is -2.44. The molecule has 3 rings (SSSR count). The van der Waals surface area contributed by atoms with E-state index in [1.807, 2.05) is 6.07 Å². The van der Waals surface area contributed by atoms with Gasteiger partial charge in [0.2, 0.25) is 5.91 Å². The molecule has 2 aromatic carbocycles. The largest absolute Gasteiger partial charge is 0.319 e. The van der Waals surface area contributed by atoms with Gasteiger partial charge in [0.25, 0.3) is 5.91 Å². The summed E-state index contributed by atoms with van der Waals surface area (Å²) in [5, 5.41) is 5.86. The molecule has 0 spiro atoms. The number of rotatable bonds is 4. The third-order valence-electron chi connectivity index (χ3n) is 4.64. The molecule has 0 bridgehead atoms. The molecule has 0 aromatic heterocycles. The number of hydrogen-bond donors (Lipinski definition) is 2. The first kappa shape index (κ1) is 20.9. The summed E-state index contributed by atoms with van der Waals surface area (Å²) in [6.45, 7) is 3.11. The lowest BCUT2D eigenvalue weighted by Crippen LogP contribution is -2.28. The quantitative estimate of drug-likeness (QED) is 0.838. The van der Waals surface area contributed by atoms with Crippen LogP contribution in [0.25, 0.3) is 0 Å². The van der Waals surface area contributed by atoms with E-state index < -0.39 is 5.91 Å². The molecule has 0 saturated carbocycles. The number of nitrogens with zero attached hydrogens (tertiary/aromatic N) is 1. The molecule has 7 heteroatoms. The molecule has 2 amide bonds. The fraction of sp³-hybridized carbons (Fsp3) is 0.300. The maximum Gasteiger partial charge on any atom is 0.257 e. The highest BCUT2D eigenvalue weighted by Crippen LogP contribution is 2.26. The van der Waals surface area contributed by atoms with E-state index in [1.165, 1.54) is 4.90 Å². The summed E-state index contributed by atoms with van der Waals surface area (Å²) in [5.74, 6) is -0.922. The van der Waals surface area contributed by atoms with E-state index in [2.05, 4.69) is 10.6 Å². The van der Waals surface area contributed by atoms with Gasteiger partial charge in [0.05, 0.1) is 16.9 Å². The summed E-state index contributed by atoms with van der Waals surface area (Å²) >= 11 is 0. The van der Waals surface area contributed by atoms with Crippen molar-refractivity contribution in [2.24, 2.45) is 0 Å². The van der Waals surface area contributed by atoms with Gasteiger partial charge in [-0.2, -0.15) is 0 Å². The van der Waals surface area contributed by atoms with E-state index in [4.69, 9.17) is 0 Å². The highest BCUT2D eigenvalue weighted by molar-refractivity contribution is 6.10. The van der Waals surface area contributed by atoms with Gasteiger partial charge in [-0.05, 0) is 42.3 Å². The summed E-state index contributed by atoms with van der Waals surface area (Å²) in [4.78, 5) is 26.2. The molecular weight excluding hydrogens is 369 g/mol.